The molecule has 7 heteroatoms. The molecule has 0 bridgehead atoms. The minimum Gasteiger partial charge on any atom is -0.410 e. The molecule has 0 amide bonds. The second-order valence-corrected chi connectivity index (χ2v) is 1.30. The molecule has 0 saturated carbocycles. The lowest BCUT2D eigenvalue weighted by Crippen LogP contribution is -2.07. The lowest BCUT2D eigenvalue weighted by molar-refractivity contribution is 0.0599. The van der Waals surface area contributed by atoms with Crippen molar-refractivity contribution < 1.29 is 23.9 Å². The molecular formula is C5H4N2O5. The van der Waals surface area contributed by atoms with Crippen molar-refractivity contribution in [2.45, 2.75) is 0 Å². The third-order valence-corrected chi connectivity index (χ3v) is 0.623. The summed E-state index contributed by atoms with van der Waals surface area (Å²) >= 11 is 0. The minimum atomic E-state index is -1.08. The summed E-state index contributed by atoms with van der Waals surface area (Å²) in [7, 11) is 0. The minimum absolute atomic E-state index is 0.465. The maximum Gasteiger partial charge on any atom is 0.511 e. The van der Waals surface area contributed by atoms with Crippen LogP contribution >= 0.6 is 0 Å². The number of nitrogens with zero attached hydrogens (tertiary/aromatic N) is 2. The Labute approximate surface area is 66.7 Å². The molecule has 7 nitrogen and oxygen atoms in total. The van der Waals surface area contributed by atoms with Crippen LogP contribution in [-0.4, -0.2) is 31.8 Å². The highest BCUT2D eigenvalue weighted by Gasteiger charge is 2.00. The van der Waals surface area contributed by atoms with Crippen LogP contribution in [0.4, 0.5) is 4.79 Å². The molecular weight excluding hydrogens is 168 g/mol. The maximum absolute atomic E-state index is 10.4. The quantitative estimate of drug-likeness (QED) is 0.330. The molecule has 0 aromatic heterocycles. The molecule has 0 atom stereocenters. The number of ether oxygens (including phenoxy) is 2. The standard InChI is InChI=1S/C5H4N2O5/c8-1-6-3-11-5(10)12-4-7-2-9/h3-4H2. The first-order valence-electron chi connectivity index (χ1n) is 2.68. The van der Waals surface area contributed by atoms with Crippen LogP contribution in [-0.2, 0) is 19.1 Å². The highest BCUT2D eigenvalue weighted by molar-refractivity contribution is 5.59. The van der Waals surface area contributed by atoms with E-state index in [-0.39, 0.29) is 0 Å². The fourth-order valence-electron chi connectivity index (χ4n) is 0.264. The van der Waals surface area contributed by atoms with Gasteiger partial charge in [0.1, 0.15) is 0 Å². The molecule has 0 rings (SSSR count). The van der Waals surface area contributed by atoms with E-state index in [4.69, 9.17) is 0 Å². The summed E-state index contributed by atoms with van der Waals surface area (Å²) in [5.41, 5.74) is 0. The van der Waals surface area contributed by atoms with E-state index in [2.05, 4.69) is 19.5 Å². The van der Waals surface area contributed by atoms with Crippen LogP contribution in [0.15, 0.2) is 9.98 Å². The number of aliphatic imine (C=N–C) groups is 2. The molecule has 0 heterocycles. The third-order valence-electron chi connectivity index (χ3n) is 0.623. The lowest BCUT2D eigenvalue weighted by atomic mass is 11.1. The predicted octanol–water partition coefficient (Wildman–Crippen LogP) is -0.274. The molecule has 0 aliphatic rings. The Kier molecular flexibility index (Phi) is 5.97. The van der Waals surface area contributed by atoms with Gasteiger partial charge in [0.2, 0.25) is 12.2 Å². The van der Waals surface area contributed by atoms with Crippen LogP contribution in [0, 0.1) is 0 Å². The third kappa shape index (κ3) is 6.15. The van der Waals surface area contributed by atoms with Gasteiger partial charge in [-0.3, -0.25) is 0 Å². The molecule has 12 heavy (non-hydrogen) atoms. The largest absolute Gasteiger partial charge is 0.511 e. The van der Waals surface area contributed by atoms with E-state index in [0.717, 1.165) is 12.2 Å². The monoisotopic (exact) mass is 172 g/mol. The van der Waals surface area contributed by atoms with E-state index >= 15 is 0 Å². The smallest absolute Gasteiger partial charge is 0.410 e. The average molecular weight is 172 g/mol. The summed E-state index contributed by atoms with van der Waals surface area (Å²) in [5.74, 6) is 0. The van der Waals surface area contributed by atoms with E-state index < -0.39 is 19.6 Å². The Balaban J connectivity index is 3.45. The van der Waals surface area contributed by atoms with Crippen molar-refractivity contribution in [1.29, 1.82) is 0 Å². The van der Waals surface area contributed by atoms with Crippen molar-refractivity contribution >= 4 is 18.3 Å². The van der Waals surface area contributed by atoms with E-state index in [1.807, 2.05) is 0 Å². The highest BCUT2D eigenvalue weighted by atomic mass is 16.7. The Morgan fingerprint density at radius 1 is 1.08 bits per heavy atom. The number of hydrogen-bond donors (Lipinski definition) is 0. The summed E-state index contributed by atoms with van der Waals surface area (Å²) in [5, 5.41) is 0. The van der Waals surface area contributed by atoms with Crippen molar-refractivity contribution in [1.82, 2.24) is 0 Å². The number of carbonyl (C=O) groups excluding carboxylic acids is 3. The van der Waals surface area contributed by atoms with E-state index in [1.54, 1.807) is 0 Å². The van der Waals surface area contributed by atoms with Gasteiger partial charge in [0.05, 0.1) is 0 Å². The van der Waals surface area contributed by atoms with Gasteiger partial charge in [-0.15, -0.1) is 0 Å². The van der Waals surface area contributed by atoms with Crippen LogP contribution in [0.25, 0.3) is 0 Å². The van der Waals surface area contributed by atoms with Gasteiger partial charge in [0.15, 0.2) is 13.5 Å². The fraction of sp³-hybridized carbons (Fsp3) is 0.400. The fourth-order valence-corrected chi connectivity index (χ4v) is 0.264. The van der Waals surface area contributed by atoms with E-state index in [9.17, 15) is 14.4 Å². The van der Waals surface area contributed by atoms with Crippen LogP contribution in [0.1, 0.15) is 0 Å². The molecule has 0 aromatic carbocycles. The topological polar surface area (TPSA) is 94.4 Å². The van der Waals surface area contributed by atoms with E-state index in [1.165, 1.54) is 0 Å². The van der Waals surface area contributed by atoms with Crippen LogP contribution in [0.2, 0.25) is 0 Å². The highest BCUT2D eigenvalue weighted by Crippen LogP contribution is 1.84. The van der Waals surface area contributed by atoms with Gasteiger partial charge in [-0.25, -0.2) is 14.4 Å². The van der Waals surface area contributed by atoms with Crippen molar-refractivity contribution in [2.75, 3.05) is 13.5 Å². The first-order chi connectivity index (χ1) is 5.81. The number of rotatable bonds is 4. The Morgan fingerprint density at radius 3 is 1.83 bits per heavy atom. The number of hydrogen-bond acceptors (Lipinski definition) is 7. The summed E-state index contributed by atoms with van der Waals surface area (Å²) in [4.78, 5) is 35.1. The molecule has 0 saturated heterocycles. The molecule has 0 aromatic rings. The van der Waals surface area contributed by atoms with Gasteiger partial charge >= 0.3 is 6.16 Å². The van der Waals surface area contributed by atoms with Gasteiger partial charge in [-0.05, 0) is 0 Å². The van der Waals surface area contributed by atoms with Crippen molar-refractivity contribution in [3.63, 3.8) is 0 Å². The van der Waals surface area contributed by atoms with Gasteiger partial charge < -0.3 is 9.47 Å². The van der Waals surface area contributed by atoms with Gasteiger partial charge in [0.25, 0.3) is 0 Å². The zero-order valence-electron chi connectivity index (χ0n) is 5.85. The lowest BCUT2D eigenvalue weighted by Gasteiger charge is -1.97. The summed E-state index contributed by atoms with van der Waals surface area (Å²) < 4.78 is 8.30. The first kappa shape index (κ1) is 10.0. The van der Waals surface area contributed by atoms with Crippen LogP contribution in [0.5, 0.6) is 0 Å². The Morgan fingerprint density at radius 2 is 1.50 bits per heavy atom. The van der Waals surface area contributed by atoms with Crippen molar-refractivity contribution in [3.05, 3.63) is 0 Å². The molecule has 64 valence electrons. The number of isocyanates is 2. The van der Waals surface area contributed by atoms with Crippen LogP contribution < -0.4 is 0 Å². The Hall–Kier alpha value is -1.97. The molecule has 0 aliphatic heterocycles. The van der Waals surface area contributed by atoms with Crippen molar-refractivity contribution in [2.24, 2.45) is 9.98 Å². The SMILES string of the molecule is O=C=NCOC(=O)OCN=C=O. The summed E-state index contributed by atoms with van der Waals surface area (Å²) in [6.07, 6.45) is 1.22. The first-order valence-corrected chi connectivity index (χ1v) is 2.68. The van der Waals surface area contributed by atoms with Gasteiger partial charge in [-0.2, -0.15) is 9.98 Å². The molecule has 0 radical (unpaired) electrons. The molecule has 0 fully saturated rings. The van der Waals surface area contributed by atoms with E-state index in [0.29, 0.717) is 0 Å². The van der Waals surface area contributed by atoms with Gasteiger partial charge in [0, 0.05) is 0 Å². The second kappa shape index (κ2) is 7.14. The normalized spacial score (nSPS) is 7.33. The second-order valence-electron chi connectivity index (χ2n) is 1.30. The summed E-state index contributed by atoms with van der Waals surface area (Å²) in [6.45, 7) is -0.930. The van der Waals surface area contributed by atoms with Gasteiger partial charge in [-0.1, -0.05) is 0 Å². The predicted molar refractivity (Wildman–Crippen MR) is 33.5 cm³/mol. The summed E-state index contributed by atoms with van der Waals surface area (Å²) in [6, 6.07) is 0. The Bertz CT molecular complexity index is 214. The molecule has 0 N–H and O–H groups in total. The van der Waals surface area contributed by atoms with Crippen molar-refractivity contribution in [3.8, 4) is 0 Å². The molecule has 0 aliphatic carbocycles. The van der Waals surface area contributed by atoms with Crippen LogP contribution in [0.3, 0.4) is 0 Å². The zero-order valence-corrected chi connectivity index (χ0v) is 5.85. The zero-order chi connectivity index (χ0) is 9.23. The average Bonchev–Trinajstić information content (AvgIpc) is 2.06. The molecule has 0 spiro atoms. The number of carbonyl (C=O) groups is 1. The maximum atomic E-state index is 10.4. The molecule has 0 unspecified atom stereocenters.